The summed E-state index contributed by atoms with van der Waals surface area (Å²) in [5.41, 5.74) is -4.41. The molecule has 0 atom stereocenters. The molecule has 1 aromatic heterocycles. The van der Waals surface area contributed by atoms with E-state index in [0.29, 0.717) is 0 Å². The Labute approximate surface area is 97.0 Å². The smallest absolute Gasteiger partial charge is 0.434 e. The summed E-state index contributed by atoms with van der Waals surface area (Å²) < 4.78 is 66.2. The topological polar surface area (TPSA) is 59.4 Å². The van der Waals surface area contributed by atoms with Crippen molar-refractivity contribution in [3.05, 3.63) is 23.0 Å². The third-order valence-corrected chi connectivity index (χ3v) is 1.91. The average molecular weight is 271 g/mol. The molecule has 1 aromatic rings. The molecule has 0 aliphatic rings. The molecule has 0 unspecified atom stereocenters. The quantitative estimate of drug-likeness (QED) is 0.663. The molecular weight excluding hydrogens is 265 g/mol. The molecular formula is C9H6F5NO3. The van der Waals surface area contributed by atoms with Gasteiger partial charge in [-0.15, -0.1) is 0 Å². The van der Waals surface area contributed by atoms with Gasteiger partial charge in [-0.3, -0.25) is 0 Å². The molecule has 1 N–H and O–H groups in total. The summed E-state index contributed by atoms with van der Waals surface area (Å²) in [4.78, 5) is 13.6. The Morgan fingerprint density at radius 3 is 2.39 bits per heavy atom. The van der Waals surface area contributed by atoms with Crippen LogP contribution >= 0.6 is 0 Å². The Kier molecular flexibility index (Phi) is 3.73. The van der Waals surface area contributed by atoms with Crippen molar-refractivity contribution in [1.29, 1.82) is 0 Å². The first kappa shape index (κ1) is 14.1. The van der Waals surface area contributed by atoms with Gasteiger partial charge < -0.3 is 9.84 Å². The van der Waals surface area contributed by atoms with E-state index >= 15 is 0 Å². The van der Waals surface area contributed by atoms with Gasteiger partial charge in [-0.2, -0.15) is 13.2 Å². The number of esters is 1. The summed E-state index contributed by atoms with van der Waals surface area (Å²) >= 11 is 0. The van der Waals surface area contributed by atoms with E-state index in [1.165, 1.54) is 0 Å². The van der Waals surface area contributed by atoms with Crippen molar-refractivity contribution >= 4 is 5.97 Å². The molecule has 0 bridgehead atoms. The van der Waals surface area contributed by atoms with Crippen LogP contribution in [0.5, 0.6) is 5.75 Å². The first-order chi connectivity index (χ1) is 8.18. The number of methoxy groups -OCH3 is 1. The summed E-state index contributed by atoms with van der Waals surface area (Å²) in [5, 5.41) is 9.08. The van der Waals surface area contributed by atoms with Gasteiger partial charge in [0.05, 0.1) is 12.7 Å². The number of halogens is 5. The minimum absolute atomic E-state index is 0.253. The second-order valence-electron chi connectivity index (χ2n) is 3.08. The number of hydrogen-bond acceptors (Lipinski definition) is 4. The summed E-state index contributed by atoms with van der Waals surface area (Å²) in [7, 11) is 0.806. The van der Waals surface area contributed by atoms with Gasteiger partial charge in [0.25, 0.3) is 6.43 Å². The first-order valence-electron chi connectivity index (χ1n) is 4.36. The van der Waals surface area contributed by atoms with Crippen molar-refractivity contribution in [2.24, 2.45) is 0 Å². The van der Waals surface area contributed by atoms with Crippen LogP contribution in [0.3, 0.4) is 0 Å². The van der Waals surface area contributed by atoms with Crippen LogP contribution in [0.2, 0.25) is 0 Å². The summed E-state index contributed by atoms with van der Waals surface area (Å²) in [6, 6.07) is 0.253. The largest absolute Gasteiger partial charge is 0.506 e. The molecule has 4 nitrogen and oxygen atoms in total. The third kappa shape index (κ3) is 2.66. The minimum Gasteiger partial charge on any atom is -0.506 e. The van der Waals surface area contributed by atoms with Crippen LogP contribution < -0.4 is 0 Å². The van der Waals surface area contributed by atoms with Crippen LogP contribution in [0.1, 0.15) is 28.2 Å². The Morgan fingerprint density at radius 2 is 2.00 bits per heavy atom. The predicted octanol–water partition coefficient (Wildman–Crippen LogP) is 2.53. The SMILES string of the molecule is COC(=O)c1cc(O)c(C(F)F)nc1C(F)(F)F. The summed E-state index contributed by atoms with van der Waals surface area (Å²) in [6.07, 6.45) is -8.53. The van der Waals surface area contributed by atoms with Gasteiger partial charge in [-0.1, -0.05) is 0 Å². The van der Waals surface area contributed by atoms with Crippen LogP contribution in [-0.2, 0) is 10.9 Å². The fourth-order valence-corrected chi connectivity index (χ4v) is 1.16. The average Bonchev–Trinajstić information content (AvgIpc) is 2.25. The van der Waals surface area contributed by atoms with Crippen molar-refractivity contribution in [1.82, 2.24) is 4.98 Å². The molecule has 0 aromatic carbocycles. The van der Waals surface area contributed by atoms with Crippen molar-refractivity contribution in [2.75, 3.05) is 7.11 Å². The Hall–Kier alpha value is -1.93. The van der Waals surface area contributed by atoms with Gasteiger partial charge in [0, 0.05) is 0 Å². The zero-order valence-corrected chi connectivity index (χ0v) is 8.76. The second-order valence-corrected chi connectivity index (χ2v) is 3.08. The van der Waals surface area contributed by atoms with Crippen molar-refractivity contribution in [3.8, 4) is 5.75 Å². The molecule has 0 aliphatic heterocycles. The molecule has 0 radical (unpaired) electrons. The van der Waals surface area contributed by atoms with Gasteiger partial charge in [0.15, 0.2) is 5.69 Å². The van der Waals surface area contributed by atoms with Crippen molar-refractivity contribution in [3.63, 3.8) is 0 Å². The molecule has 9 heteroatoms. The van der Waals surface area contributed by atoms with E-state index in [-0.39, 0.29) is 6.07 Å². The van der Waals surface area contributed by atoms with Gasteiger partial charge in [-0.25, -0.2) is 18.6 Å². The number of alkyl halides is 5. The number of aromatic nitrogens is 1. The Bertz CT molecular complexity index is 472. The molecule has 0 saturated heterocycles. The molecule has 100 valence electrons. The number of aromatic hydroxyl groups is 1. The molecule has 1 heterocycles. The van der Waals surface area contributed by atoms with Crippen molar-refractivity contribution < 1.29 is 36.6 Å². The van der Waals surface area contributed by atoms with Crippen molar-refractivity contribution in [2.45, 2.75) is 12.6 Å². The van der Waals surface area contributed by atoms with Crippen LogP contribution in [0.15, 0.2) is 6.07 Å². The lowest BCUT2D eigenvalue weighted by molar-refractivity contribution is -0.142. The molecule has 0 amide bonds. The normalized spacial score (nSPS) is 11.7. The summed E-state index contributed by atoms with van der Waals surface area (Å²) in [6.45, 7) is 0. The molecule has 0 spiro atoms. The second kappa shape index (κ2) is 4.75. The minimum atomic E-state index is -5.12. The molecule has 0 fully saturated rings. The Morgan fingerprint density at radius 1 is 1.44 bits per heavy atom. The molecule has 18 heavy (non-hydrogen) atoms. The number of rotatable bonds is 2. The predicted molar refractivity (Wildman–Crippen MR) is 47.2 cm³/mol. The van der Waals surface area contributed by atoms with Crippen LogP contribution in [0.4, 0.5) is 22.0 Å². The van der Waals surface area contributed by atoms with E-state index in [1.807, 2.05) is 0 Å². The highest BCUT2D eigenvalue weighted by Gasteiger charge is 2.39. The lowest BCUT2D eigenvalue weighted by Gasteiger charge is -2.13. The summed E-state index contributed by atoms with van der Waals surface area (Å²) in [5.74, 6) is -2.65. The maximum Gasteiger partial charge on any atom is 0.434 e. The number of ether oxygens (including phenoxy) is 1. The highest BCUT2D eigenvalue weighted by molar-refractivity contribution is 5.91. The monoisotopic (exact) mass is 271 g/mol. The van der Waals surface area contributed by atoms with Gasteiger partial charge in [0.2, 0.25) is 0 Å². The number of hydrogen-bond donors (Lipinski definition) is 1. The van der Waals surface area contributed by atoms with E-state index in [2.05, 4.69) is 9.72 Å². The number of carbonyl (C=O) groups is 1. The lowest BCUT2D eigenvalue weighted by Crippen LogP contribution is -2.17. The lowest BCUT2D eigenvalue weighted by atomic mass is 10.1. The van der Waals surface area contributed by atoms with Gasteiger partial charge in [0.1, 0.15) is 11.4 Å². The van der Waals surface area contributed by atoms with Gasteiger partial charge in [-0.05, 0) is 6.07 Å². The fourth-order valence-electron chi connectivity index (χ4n) is 1.16. The van der Waals surface area contributed by atoms with Crippen LogP contribution in [-0.4, -0.2) is 23.2 Å². The molecule has 0 aliphatic carbocycles. The van der Waals surface area contributed by atoms with Gasteiger partial charge >= 0.3 is 12.1 Å². The number of pyridine rings is 1. The van der Waals surface area contributed by atoms with E-state index < -0.39 is 41.3 Å². The van der Waals surface area contributed by atoms with Crippen LogP contribution in [0, 0.1) is 0 Å². The van der Waals surface area contributed by atoms with Crippen LogP contribution in [0.25, 0.3) is 0 Å². The maximum atomic E-state index is 12.5. The zero-order chi connectivity index (χ0) is 14.1. The van der Waals surface area contributed by atoms with E-state index in [4.69, 9.17) is 5.11 Å². The first-order valence-corrected chi connectivity index (χ1v) is 4.36. The zero-order valence-electron chi connectivity index (χ0n) is 8.76. The highest BCUT2D eigenvalue weighted by Crippen LogP contribution is 2.36. The van der Waals surface area contributed by atoms with E-state index in [0.717, 1.165) is 7.11 Å². The molecule has 1 rings (SSSR count). The highest BCUT2D eigenvalue weighted by atomic mass is 19.4. The number of carbonyl (C=O) groups excluding carboxylic acids is 1. The fraction of sp³-hybridized carbons (Fsp3) is 0.333. The number of nitrogens with zero attached hydrogens (tertiary/aromatic N) is 1. The third-order valence-electron chi connectivity index (χ3n) is 1.91. The Balaban J connectivity index is 3.52. The van der Waals surface area contributed by atoms with E-state index in [9.17, 15) is 26.7 Å². The van der Waals surface area contributed by atoms with E-state index in [1.54, 1.807) is 0 Å². The maximum absolute atomic E-state index is 12.5. The standard InChI is InChI=1S/C9H6F5NO3/c1-18-8(17)3-2-4(16)5(7(10)11)15-6(3)9(12,13)14/h2,7,16H,1H3. The molecule has 0 saturated carbocycles.